The van der Waals surface area contributed by atoms with E-state index in [9.17, 15) is 0 Å². The molecule has 0 aromatic rings. The highest BCUT2D eigenvalue weighted by molar-refractivity contribution is 5.14. The van der Waals surface area contributed by atoms with E-state index in [4.69, 9.17) is 10.6 Å². The highest BCUT2D eigenvalue weighted by Crippen LogP contribution is 2.23. The number of hydrazine groups is 1. The lowest BCUT2D eigenvalue weighted by Gasteiger charge is -2.27. The molecule has 0 aromatic heterocycles. The van der Waals surface area contributed by atoms with Gasteiger partial charge in [0.15, 0.2) is 0 Å². The Balaban J connectivity index is 2.65. The van der Waals surface area contributed by atoms with Gasteiger partial charge in [0.2, 0.25) is 0 Å². The van der Waals surface area contributed by atoms with Crippen molar-refractivity contribution >= 4 is 0 Å². The molecular weight excluding hydrogens is 200 g/mol. The lowest BCUT2D eigenvalue weighted by molar-refractivity contribution is 0.0399. The molecule has 1 aliphatic carbocycles. The van der Waals surface area contributed by atoms with Crippen molar-refractivity contribution in [3.05, 3.63) is 11.6 Å². The molecule has 0 aliphatic heterocycles. The van der Waals surface area contributed by atoms with Crippen LogP contribution in [-0.4, -0.2) is 18.8 Å². The third-order valence-electron chi connectivity index (χ3n) is 3.31. The Morgan fingerprint density at radius 2 is 2.19 bits per heavy atom. The van der Waals surface area contributed by atoms with Crippen LogP contribution in [0.1, 0.15) is 52.4 Å². The molecule has 0 bridgehead atoms. The molecule has 94 valence electrons. The number of ether oxygens (including phenoxy) is 1. The second-order valence-corrected chi connectivity index (χ2v) is 4.42. The fourth-order valence-corrected chi connectivity index (χ4v) is 2.44. The van der Waals surface area contributed by atoms with Gasteiger partial charge < -0.3 is 4.74 Å². The predicted molar refractivity (Wildman–Crippen MR) is 68.0 cm³/mol. The van der Waals surface area contributed by atoms with E-state index in [2.05, 4.69) is 18.4 Å². The van der Waals surface area contributed by atoms with Crippen LogP contribution < -0.4 is 11.3 Å². The molecule has 3 nitrogen and oxygen atoms in total. The maximum atomic E-state index is 5.75. The molecule has 0 fully saturated rings. The van der Waals surface area contributed by atoms with Gasteiger partial charge in [-0.05, 0) is 39.0 Å². The Hall–Kier alpha value is -0.380. The van der Waals surface area contributed by atoms with Crippen molar-refractivity contribution < 1.29 is 4.74 Å². The first-order valence-electron chi connectivity index (χ1n) is 6.60. The number of allylic oxidation sites excluding steroid dienone is 1. The molecule has 0 amide bonds. The number of nitrogens with one attached hydrogen (secondary N) is 1. The number of hydrogen-bond acceptors (Lipinski definition) is 3. The summed E-state index contributed by atoms with van der Waals surface area (Å²) in [5, 5.41) is 0. The van der Waals surface area contributed by atoms with E-state index in [1.807, 2.05) is 6.92 Å². The van der Waals surface area contributed by atoms with Crippen LogP contribution in [0.2, 0.25) is 0 Å². The first kappa shape index (κ1) is 13.7. The van der Waals surface area contributed by atoms with Crippen molar-refractivity contribution in [3.8, 4) is 0 Å². The lowest BCUT2D eigenvalue weighted by Crippen LogP contribution is -2.46. The summed E-state index contributed by atoms with van der Waals surface area (Å²) in [4.78, 5) is 0. The maximum absolute atomic E-state index is 5.75. The van der Waals surface area contributed by atoms with Gasteiger partial charge in [-0.15, -0.1) is 0 Å². The molecule has 1 rings (SSSR count). The monoisotopic (exact) mass is 226 g/mol. The Bertz CT molecular complexity index is 216. The van der Waals surface area contributed by atoms with Crippen LogP contribution in [0.4, 0.5) is 0 Å². The summed E-state index contributed by atoms with van der Waals surface area (Å²) >= 11 is 0. The van der Waals surface area contributed by atoms with Gasteiger partial charge in [-0.1, -0.05) is 25.0 Å². The average molecular weight is 226 g/mol. The molecular formula is C13H26N2O. The summed E-state index contributed by atoms with van der Waals surface area (Å²) in [6.07, 6.45) is 9.86. The Kier molecular flexibility index (Phi) is 6.69. The van der Waals surface area contributed by atoms with E-state index in [-0.39, 0.29) is 12.1 Å². The molecule has 0 aromatic carbocycles. The molecule has 0 radical (unpaired) electrons. The van der Waals surface area contributed by atoms with Gasteiger partial charge in [0.1, 0.15) is 0 Å². The summed E-state index contributed by atoms with van der Waals surface area (Å²) < 4.78 is 5.75. The van der Waals surface area contributed by atoms with Gasteiger partial charge in [0.05, 0.1) is 12.1 Å². The Morgan fingerprint density at radius 1 is 1.38 bits per heavy atom. The predicted octanol–water partition coefficient (Wildman–Crippen LogP) is 2.52. The molecule has 0 saturated carbocycles. The van der Waals surface area contributed by atoms with Crippen LogP contribution in [0.5, 0.6) is 0 Å². The molecule has 2 unspecified atom stereocenters. The van der Waals surface area contributed by atoms with Gasteiger partial charge >= 0.3 is 0 Å². The molecule has 0 heterocycles. The Labute approximate surface area is 99.4 Å². The van der Waals surface area contributed by atoms with Crippen LogP contribution in [0.15, 0.2) is 11.6 Å². The first-order chi connectivity index (χ1) is 7.83. The number of nitrogens with two attached hydrogens (primary N) is 1. The van der Waals surface area contributed by atoms with E-state index in [1.165, 1.54) is 37.7 Å². The summed E-state index contributed by atoms with van der Waals surface area (Å²) in [6, 6.07) is 0.197. The first-order valence-corrected chi connectivity index (χ1v) is 6.60. The minimum atomic E-state index is 0.197. The largest absolute Gasteiger partial charge is 0.376 e. The van der Waals surface area contributed by atoms with Crippen LogP contribution in [0.25, 0.3) is 0 Å². The van der Waals surface area contributed by atoms with Gasteiger partial charge in [0.25, 0.3) is 0 Å². The van der Waals surface area contributed by atoms with Crippen molar-refractivity contribution in [1.29, 1.82) is 0 Å². The zero-order chi connectivity index (χ0) is 11.8. The standard InChI is InChI=1S/C13H26N2O/c1-3-12(16-4-2)13(15-14)11-9-7-5-6-8-10-11/h9,12-13,15H,3-8,10,14H2,1-2H3. The van der Waals surface area contributed by atoms with E-state index in [0.29, 0.717) is 0 Å². The maximum Gasteiger partial charge on any atom is 0.0776 e. The minimum absolute atomic E-state index is 0.197. The lowest BCUT2D eigenvalue weighted by atomic mass is 9.96. The fourth-order valence-electron chi connectivity index (χ4n) is 2.44. The minimum Gasteiger partial charge on any atom is -0.376 e. The molecule has 3 N–H and O–H groups in total. The Morgan fingerprint density at radius 3 is 2.81 bits per heavy atom. The molecule has 2 atom stereocenters. The van der Waals surface area contributed by atoms with E-state index >= 15 is 0 Å². The van der Waals surface area contributed by atoms with E-state index in [0.717, 1.165) is 13.0 Å². The van der Waals surface area contributed by atoms with Crippen LogP contribution in [0.3, 0.4) is 0 Å². The smallest absolute Gasteiger partial charge is 0.0776 e. The van der Waals surface area contributed by atoms with Crippen molar-refractivity contribution in [1.82, 2.24) is 5.43 Å². The quantitative estimate of drug-likeness (QED) is 0.415. The summed E-state index contributed by atoms with van der Waals surface area (Å²) in [6.45, 7) is 4.95. The third-order valence-corrected chi connectivity index (χ3v) is 3.31. The molecule has 0 spiro atoms. The van der Waals surface area contributed by atoms with Crippen molar-refractivity contribution in [3.63, 3.8) is 0 Å². The topological polar surface area (TPSA) is 47.3 Å². The zero-order valence-electron chi connectivity index (χ0n) is 10.7. The van der Waals surface area contributed by atoms with Gasteiger partial charge in [-0.25, -0.2) is 0 Å². The third kappa shape index (κ3) is 3.89. The number of rotatable bonds is 6. The van der Waals surface area contributed by atoms with Gasteiger partial charge in [-0.3, -0.25) is 11.3 Å². The SMILES string of the molecule is CCOC(CC)C(NN)C1=CCCCCC1. The highest BCUT2D eigenvalue weighted by Gasteiger charge is 2.23. The fraction of sp³-hybridized carbons (Fsp3) is 0.846. The highest BCUT2D eigenvalue weighted by atomic mass is 16.5. The van der Waals surface area contributed by atoms with Crippen molar-refractivity contribution in [2.24, 2.45) is 5.84 Å². The van der Waals surface area contributed by atoms with Crippen molar-refractivity contribution in [2.75, 3.05) is 6.61 Å². The molecule has 16 heavy (non-hydrogen) atoms. The molecule has 1 aliphatic rings. The second kappa shape index (κ2) is 7.82. The van der Waals surface area contributed by atoms with Gasteiger partial charge in [-0.2, -0.15) is 0 Å². The van der Waals surface area contributed by atoms with E-state index in [1.54, 1.807) is 0 Å². The van der Waals surface area contributed by atoms with Crippen LogP contribution in [0, 0.1) is 0 Å². The summed E-state index contributed by atoms with van der Waals surface area (Å²) in [7, 11) is 0. The molecule has 0 saturated heterocycles. The van der Waals surface area contributed by atoms with Crippen LogP contribution in [-0.2, 0) is 4.74 Å². The number of hydrogen-bond donors (Lipinski definition) is 2. The van der Waals surface area contributed by atoms with E-state index < -0.39 is 0 Å². The zero-order valence-corrected chi connectivity index (χ0v) is 10.7. The summed E-state index contributed by atoms with van der Waals surface area (Å²) in [5.74, 6) is 5.69. The normalized spacial score (nSPS) is 21.1. The average Bonchev–Trinajstić information content (AvgIpc) is 2.58. The van der Waals surface area contributed by atoms with Crippen molar-refractivity contribution in [2.45, 2.75) is 64.5 Å². The van der Waals surface area contributed by atoms with Crippen LogP contribution >= 0.6 is 0 Å². The molecule has 3 heteroatoms. The second-order valence-electron chi connectivity index (χ2n) is 4.42. The summed E-state index contributed by atoms with van der Waals surface area (Å²) in [5.41, 5.74) is 4.39. The van der Waals surface area contributed by atoms with Gasteiger partial charge in [0, 0.05) is 6.61 Å².